The second-order valence-corrected chi connectivity index (χ2v) is 4.19. The van der Waals surface area contributed by atoms with Gasteiger partial charge in [0.15, 0.2) is 0 Å². The molecule has 0 spiro atoms. The minimum Gasteiger partial charge on any atom is -0.409 e. The summed E-state index contributed by atoms with van der Waals surface area (Å²) < 4.78 is 40.4. The SMILES string of the molecule is NC(CC1(COCCC(F)(F)F)CC1)=NO. The van der Waals surface area contributed by atoms with E-state index in [0.29, 0.717) is 6.42 Å². The zero-order chi connectivity index (χ0) is 12.2. The number of alkyl halides is 3. The van der Waals surface area contributed by atoms with Crippen LogP contribution in [0.25, 0.3) is 0 Å². The maximum Gasteiger partial charge on any atom is 0.391 e. The van der Waals surface area contributed by atoms with Crippen LogP contribution >= 0.6 is 0 Å². The van der Waals surface area contributed by atoms with Gasteiger partial charge in [-0.25, -0.2) is 0 Å². The summed E-state index contributed by atoms with van der Waals surface area (Å²) in [6.07, 6.45) is -3.06. The van der Waals surface area contributed by atoms with Crippen LogP contribution in [0.15, 0.2) is 5.16 Å². The fraction of sp³-hybridized carbons (Fsp3) is 0.889. The van der Waals surface area contributed by atoms with E-state index in [1.165, 1.54) is 0 Å². The Bertz CT molecular complexity index is 262. The number of nitrogens with two attached hydrogens (primary N) is 1. The van der Waals surface area contributed by atoms with Crippen LogP contribution in [0.2, 0.25) is 0 Å². The van der Waals surface area contributed by atoms with Crippen molar-refractivity contribution in [2.75, 3.05) is 13.2 Å². The largest absolute Gasteiger partial charge is 0.409 e. The van der Waals surface area contributed by atoms with E-state index in [1.807, 2.05) is 0 Å². The third kappa shape index (κ3) is 4.69. The van der Waals surface area contributed by atoms with Gasteiger partial charge in [0.2, 0.25) is 0 Å². The molecule has 0 bridgehead atoms. The Morgan fingerprint density at radius 2 is 2.06 bits per heavy atom. The number of amidine groups is 1. The third-order valence-electron chi connectivity index (χ3n) is 2.58. The van der Waals surface area contributed by atoms with E-state index in [0.717, 1.165) is 12.8 Å². The molecule has 1 fully saturated rings. The highest BCUT2D eigenvalue weighted by molar-refractivity contribution is 5.80. The van der Waals surface area contributed by atoms with Crippen molar-refractivity contribution in [3.05, 3.63) is 0 Å². The normalized spacial score (nSPS) is 19.8. The van der Waals surface area contributed by atoms with E-state index < -0.39 is 12.6 Å². The smallest absolute Gasteiger partial charge is 0.391 e. The van der Waals surface area contributed by atoms with Crippen LogP contribution in [0, 0.1) is 5.41 Å². The molecule has 1 rings (SSSR count). The number of halogens is 3. The fourth-order valence-corrected chi connectivity index (χ4v) is 1.45. The van der Waals surface area contributed by atoms with Crippen molar-refractivity contribution in [3.8, 4) is 0 Å². The number of nitrogens with zero attached hydrogens (tertiary/aromatic N) is 1. The molecule has 1 aliphatic carbocycles. The Morgan fingerprint density at radius 3 is 2.50 bits per heavy atom. The summed E-state index contributed by atoms with van der Waals surface area (Å²) in [4.78, 5) is 0. The molecule has 1 saturated carbocycles. The summed E-state index contributed by atoms with van der Waals surface area (Å²) >= 11 is 0. The van der Waals surface area contributed by atoms with Crippen LogP contribution in [-0.4, -0.2) is 30.4 Å². The Kier molecular flexibility index (Phi) is 4.01. The first-order valence-corrected chi connectivity index (χ1v) is 4.98. The molecule has 0 aromatic rings. The molecular formula is C9H15F3N2O2. The average molecular weight is 240 g/mol. The molecule has 0 aromatic heterocycles. The second kappa shape index (κ2) is 4.90. The Labute approximate surface area is 91.2 Å². The summed E-state index contributed by atoms with van der Waals surface area (Å²) in [6, 6.07) is 0. The lowest BCUT2D eigenvalue weighted by Crippen LogP contribution is -2.22. The minimum absolute atomic E-state index is 0.0944. The molecule has 0 atom stereocenters. The summed E-state index contributed by atoms with van der Waals surface area (Å²) in [5.74, 6) is 0.0944. The molecule has 94 valence electrons. The highest BCUT2D eigenvalue weighted by atomic mass is 19.4. The predicted molar refractivity (Wildman–Crippen MR) is 51.2 cm³/mol. The van der Waals surface area contributed by atoms with E-state index in [-0.39, 0.29) is 24.5 Å². The second-order valence-electron chi connectivity index (χ2n) is 4.19. The lowest BCUT2D eigenvalue weighted by Gasteiger charge is -2.14. The molecule has 4 nitrogen and oxygen atoms in total. The summed E-state index contributed by atoms with van der Waals surface area (Å²) in [5, 5.41) is 11.2. The maximum atomic E-state index is 11.8. The lowest BCUT2D eigenvalue weighted by atomic mass is 10.0. The summed E-state index contributed by atoms with van der Waals surface area (Å²) in [6.45, 7) is -0.0965. The third-order valence-corrected chi connectivity index (χ3v) is 2.58. The van der Waals surface area contributed by atoms with Crippen LogP contribution in [-0.2, 0) is 4.74 Å². The van der Waals surface area contributed by atoms with Gasteiger partial charge in [-0.3, -0.25) is 0 Å². The van der Waals surface area contributed by atoms with Crippen LogP contribution < -0.4 is 5.73 Å². The Balaban J connectivity index is 2.18. The first-order chi connectivity index (χ1) is 7.37. The fourth-order valence-electron chi connectivity index (χ4n) is 1.45. The number of oxime groups is 1. The molecular weight excluding hydrogens is 225 g/mol. The predicted octanol–water partition coefficient (Wildman–Crippen LogP) is 1.87. The highest BCUT2D eigenvalue weighted by Crippen LogP contribution is 2.49. The number of rotatable bonds is 6. The summed E-state index contributed by atoms with van der Waals surface area (Å²) in [5.41, 5.74) is 5.13. The van der Waals surface area contributed by atoms with Crippen molar-refractivity contribution >= 4 is 5.84 Å². The van der Waals surface area contributed by atoms with Crippen molar-refractivity contribution < 1.29 is 23.1 Å². The monoisotopic (exact) mass is 240 g/mol. The standard InChI is InChI=1S/C9H15F3N2O2/c10-9(11,12)3-4-16-6-8(1-2-8)5-7(13)14-15/h15H,1-6H2,(H2,13,14). The van der Waals surface area contributed by atoms with Crippen molar-refractivity contribution in [1.82, 2.24) is 0 Å². The molecule has 7 heteroatoms. The van der Waals surface area contributed by atoms with Gasteiger partial charge in [0.25, 0.3) is 0 Å². The lowest BCUT2D eigenvalue weighted by molar-refractivity contribution is -0.146. The van der Waals surface area contributed by atoms with Crippen molar-refractivity contribution in [2.24, 2.45) is 16.3 Å². The van der Waals surface area contributed by atoms with E-state index >= 15 is 0 Å². The zero-order valence-corrected chi connectivity index (χ0v) is 8.76. The number of hydrogen-bond donors (Lipinski definition) is 2. The van der Waals surface area contributed by atoms with E-state index in [9.17, 15) is 13.2 Å². The Morgan fingerprint density at radius 1 is 1.44 bits per heavy atom. The molecule has 0 unspecified atom stereocenters. The topological polar surface area (TPSA) is 67.8 Å². The van der Waals surface area contributed by atoms with E-state index in [4.69, 9.17) is 15.7 Å². The first-order valence-electron chi connectivity index (χ1n) is 4.98. The van der Waals surface area contributed by atoms with Crippen LogP contribution in [0.3, 0.4) is 0 Å². The van der Waals surface area contributed by atoms with Crippen LogP contribution in [0.5, 0.6) is 0 Å². The quantitative estimate of drug-likeness (QED) is 0.245. The van der Waals surface area contributed by atoms with Gasteiger partial charge in [-0.05, 0) is 12.8 Å². The van der Waals surface area contributed by atoms with E-state index in [2.05, 4.69) is 5.16 Å². The minimum atomic E-state index is -4.18. The van der Waals surface area contributed by atoms with Gasteiger partial charge in [-0.1, -0.05) is 5.16 Å². The maximum absolute atomic E-state index is 11.8. The van der Waals surface area contributed by atoms with Gasteiger partial charge in [-0.2, -0.15) is 13.2 Å². The van der Waals surface area contributed by atoms with Gasteiger partial charge < -0.3 is 15.7 Å². The van der Waals surface area contributed by atoms with Crippen molar-refractivity contribution in [1.29, 1.82) is 0 Å². The molecule has 0 amide bonds. The van der Waals surface area contributed by atoms with Crippen LogP contribution in [0.4, 0.5) is 13.2 Å². The van der Waals surface area contributed by atoms with Crippen molar-refractivity contribution in [3.63, 3.8) is 0 Å². The van der Waals surface area contributed by atoms with Gasteiger partial charge in [-0.15, -0.1) is 0 Å². The molecule has 0 aromatic carbocycles. The average Bonchev–Trinajstić information content (AvgIpc) is 2.92. The van der Waals surface area contributed by atoms with Gasteiger partial charge in [0.1, 0.15) is 5.84 Å². The molecule has 3 N–H and O–H groups in total. The summed E-state index contributed by atoms with van der Waals surface area (Å²) in [7, 11) is 0. The molecule has 0 aliphatic heterocycles. The molecule has 1 aliphatic rings. The number of hydrogen-bond acceptors (Lipinski definition) is 3. The van der Waals surface area contributed by atoms with E-state index in [1.54, 1.807) is 0 Å². The Hall–Kier alpha value is -0.980. The molecule has 0 radical (unpaired) electrons. The number of ether oxygens (including phenoxy) is 1. The first kappa shape index (κ1) is 13.1. The highest BCUT2D eigenvalue weighted by Gasteiger charge is 2.43. The van der Waals surface area contributed by atoms with Crippen molar-refractivity contribution in [2.45, 2.75) is 31.9 Å². The van der Waals surface area contributed by atoms with Gasteiger partial charge >= 0.3 is 6.18 Å². The molecule has 0 saturated heterocycles. The van der Waals surface area contributed by atoms with Crippen LogP contribution in [0.1, 0.15) is 25.7 Å². The molecule has 0 heterocycles. The van der Waals surface area contributed by atoms with Gasteiger partial charge in [0, 0.05) is 11.8 Å². The zero-order valence-electron chi connectivity index (χ0n) is 8.76. The molecule has 16 heavy (non-hydrogen) atoms. The van der Waals surface area contributed by atoms with Gasteiger partial charge in [0.05, 0.1) is 19.6 Å².